The summed E-state index contributed by atoms with van der Waals surface area (Å²) < 4.78 is 0. The Hall–Kier alpha value is -5.57. The van der Waals surface area contributed by atoms with E-state index in [4.69, 9.17) is 11.6 Å². The van der Waals surface area contributed by atoms with Gasteiger partial charge in [-0.1, -0.05) is 128 Å². The van der Waals surface area contributed by atoms with Gasteiger partial charge >= 0.3 is 0 Å². The van der Waals surface area contributed by atoms with Crippen molar-refractivity contribution in [1.82, 2.24) is 0 Å². The summed E-state index contributed by atoms with van der Waals surface area (Å²) in [4.78, 5) is 4.81. The number of hydrogen-bond acceptors (Lipinski definition) is 2. The fourth-order valence-electron chi connectivity index (χ4n) is 13.9. The van der Waals surface area contributed by atoms with E-state index in [0.29, 0.717) is 11.8 Å². The van der Waals surface area contributed by atoms with Crippen LogP contribution in [0.1, 0.15) is 73.6 Å². The average molecular weight is 783 g/mol. The number of benzene rings is 7. The smallest absolute Gasteiger partial charge is 0.0887 e. The summed E-state index contributed by atoms with van der Waals surface area (Å²) in [6, 6.07) is 61.4. The van der Waals surface area contributed by atoms with Crippen molar-refractivity contribution < 1.29 is 0 Å². The molecule has 6 atom stereocenters. The molecule has 0 unspecified atom stereocenters. The van der Waals surface area contributed by atoms with E-state index in [2.05, 4.69) is 174 Å². The zero-order valence-corrected chi connectivity index (χ0v) is 34.1. The SMILES string of the molecule is Clc1c(N(c2ccccc2)c2ccc3c(c2)[C@@]2(C[C@H]4CC[C@@H]2C4)c2ccccc2-3)cccc1N(c1ccccc1)c1ccc2c(c1)[C@@]1(C[C@H]3CC[C@@H]1C3)c1ccccc1-2. The highest BCUT2D eigenvalue weighted by Gasteiger charge is 2.58. The highest BCUT2D eigenvalue weighted by molar-refractivity contribution is 6.36. The van der Waals surface area contributed by atoms with Gasteiger partial charge in [0, 0.05) is 33.6 Å². The number of rotatable bonds is 6. The normalized spacial score (nSPS) is 26.0. The Balaban J connectivity index is 0.981. The molecule has 2 spiro atoms. The van der Waals surface area contributed by atoms with E-state index in [1.165, 1.54) is 84.7 Å². The zero-order chi connectivity index (χ0) is 38.9. The van der Waals surface area contributed by atoms with Gasteiger partial charge < -0.3 is 9.80 Å². The van der Waals surface area contributed by atoms with E-state index in [0.717, 1.165) is 51.0 Å². The van der Waals surface area contributed by atoms with Crippen LogP contribution in [0.3, 0.4) is 0 Å². The molecule has 7 aromatic rings. The van der Waals surface area contributed by atoms with Gasteiger partial charge in [0.2, 0.25) is 0 Å². The fraction of sp³-hybridized carbons (Fsp3) is 0.250. The van der Waals surface area contributed by atoms with Gasteiger partial charge in [-0.2, -0.15) is 0 Å². The third kappa shape index (κ3) is 4.70. The third-order valence-electron chi connectivity index (χ3n) is 16.0. The minimum Gasteiger partial charge on any atom is -0.309 e. The summed E-state index contributed by atoms with van der Waals surface area (Å²) in [5.41, 5.74) is 18.4. The van der Waals surface area contributed by atoms with Gasteiger partial charge in [0.15, 0.2) is 0 Å². The Kier molecular flexibility index (Phi) is 7.39. The van der Waals surface area contributed by atoms with E-state index in [1.54, 1.807) is 11.1 Å². The molecule has 288 valence electrons. The first-order valence-electron chi connectivity index (χ1n) is 22.1. The van der Waals surface area contributed by atoms with Crippen molar-refractivity contribution >= 4 is 45.7 Å². The van der Waals surface area contributed by atoms with Crippen LogP contribution in [-0.4, -0.2) is 0 Å². The Morgan fingerprint density at radius 3 is 1.24 bits per heavy atom. The molecule has 13 rings (SSSR count). The Bertz CT molecular complexity index is 2620. The molecular weight excluding hydrogens is 736 g/mol. The summed E-state index contributed by atoms with van der Waals surface area (Å²) in [6.45, 7) is 0. The van der Waals surface area contributed by atoms with Crippen molar-refractivity contribution in [2.45, 2.75) is 62.2 Å². The van der Waals surface area contributed by atoms with Crippen LogP contribution in [0.5, 0.6) is 0 Å². The van der Waals surface area contributed by atoms with Crippen LogP contribution < -0.4 is 9.80 Å². The quantitative estimate of drug-likeness (QED) is 0.166. The van der Waals surface area contributed by atoms with Crippen molar-refractivity contribution in [2.24, 2.45) is 23.7 Å². The summed E-state index contributed by atoms with van der Waals surface area (Å²) in [7, 11) is 0. The number of para-hydroxylation sites is 2. The van der Waals surface area contributed by atoms with E-state index in [-0.39, 0.29) is 10.8 Å². The molecule has 0 heterocycles. The highest BCUT2D eigenvalue weighted by Crippen LogP contribution is 2.68. The van der Waals surface area contributed by atoms with Crippen molar-refractivity contribution in [3.05, 3.63) is 191 Å². The zero-order valence-electron chi connectivity index (χ0n) is 33.3. The van der Waals surface area contributed by atoms with Crippen LogP contribution in [0.4, 0.5) is 34.1 Å². The van der Waals surface area contributed by atoms with Gasteiger partial charge in [-0.3, -0.25) is 0 Å². The third-order valence-corrected chi connectivity index (χ3v) is 16.4. The molecule has 2 nitrogen and oxygen atoms in total. The number of nitrogens with zero attached hydrogens (tertiary/aromatic N) is 2. The van der Waals surface area contributed by atoms with Crippen LogP contribution >= 0.6 is 11.6 Å². The predicted molar refractivity (Wildman–Crippen MR) is 244 cm³/mol. The summed E-state index contributed by atoms with van der Waals surface area (Å²) in [6.07, 6.45) is 10.6. The standard InChI is InChI=1S/C56H47ClN2/c57-54-52(58(40-12-3-1-4-13-40)42-26-28-46-44-16-7-9-18-48(44)55(50(46)32-42)34-36-22-24-38(55)30-36)20-11-21-53(54)59(41-14-5-2-6-15-41)43-27-29-47-45-17-8-10-19-49(45)56(51(47)33-43)35-37-23-25-39(56)31-37/h1-21,26-29,32-33,36-39H,22-25,30-31,34-35H2/t36-,37-,38+,39+,55+,56+/m0/s1. The van der Waals surface area contributed by atoms with Crippen LogP contribution in [0, 0.1) is 23.7 Å². The summed E-state index contributed by atoms with van der Waals surface area (Å²) in [5, 5.41) is 0.733. The molecular formula is C56H47ClN2. The molecule has 4 saturated carbocycles. The maximum atomic E-state index is 7.94. The topological polar surface area (TPSA) is 6.48 Å². The largest absolute Gasteiger partial charge is 0.309 e. The summed E-state index contributed by atoms with van der Waals surface area (Å²) >= 11 is 7.94. The molecule has 6 aliphatic carbocycles. The first kappa shape index (κ1) is 34.3. The molecule has 0 radical (unpaired) electrons. The first-order valence-corrected chi connectivity index (χ1v) is 22.5. The maximum absolute atomic E-state index is 7.94. The molecule has 6 aliphatic rings. The molecule has 4 bridgehead atoms. The van der Waals surface area contributed by atoms with Gasteiger partial charge in [-0.15, -0.1) is 0 Å². The molecule has 0 N–H and O–H groups in total. The van der Waals surface area contributed by atoms with Crippen LogP contribution in [0.2, 0.25) is 5.02 Å². The fourth-order valence-corrected chi connectivity index (χ4v) is 14.2. The van der Waals surface area contributed by atoms with Crippen molar-refractivity contribution in [3.8, 4) is 22.3 Å². The molecule has 0 amide bonds. The second kappa shape index (κ2) is 12.7. The van der Waals surface area contributed by atoms with Gasteiger partial charge in [0.1, 0.15) is 0 Å². The number of hydrogen-bond donors (Lipinski definition) is 0. The molecule has 0 aromatic heterocycles. The molecule has 0 aliphatic heterocycles. The molecule has 59 heavy (non-hydrogen) atoms. The Morgan fingerprint density at radius 2 is 0.814 bits per heavy atom. The lowest BCUT2D eigenvalue weighted by Crippen LogP contribution is -2.32. The van der Waals surface area contributed by atoms with E-state index < -0.39 is 0 Å². The predicted octanol–water partition coefficient (Wildman–Crippen LogP) is 15.5. The van der Waals surface area contributed by atoms with E-state index in [9.17, 15) is 0 Å². The van der Waals surface area contributed by atoms with Crippen LogP contribution in [0.25, 0.3) is 22.3 Å². The van der Waals surface area contributed by atoms with Gasteiger partial charge in [0.05, 0.1) is 16.4 Å². The van der Waals surface area contributed by atoms with Gasteiger partial charge in [-0.25, -0.2) is 0 Å². The summed E-state index contributed by atoms with van der Waals surface area (Å²) in [5.74, 6) is 3.02. The van der Waals surface area contributed by atoms with Crippen LogP contribution in [0.15, 0.2) is 164 Å². The van der Waals surface area contributed by atoms with E-state index >= 15 is 0 Å². The Labute approximate surface area is 353 Å². The molecule has 7 aromatic carbocycles. The van der Waals surface area contributed by atoms with Crippen LogP contribution in [-0.2, 0) is 10.8 Å². The van der Waals surface area contributed by atoms with Crippen molar-refractivity contribution in [3.63, 3.8) is 0 Å². The number of halogens is 1. The van der Waals surface area contributed by atoms with E-state index in [1.807, 2.05) is 0 Å². The minimum absolute atomic E-state index is 0.0897. The lowest BCUT2D eigenvalue weighted by Gasteiger charge is -2.37. The monoisotopic (exact) mass is 782 g/mol. The van der Waals surface area contributed by atoms with Crippen molar-refractivity contribution in [1.29, 1.82) is 0 Å². The maximum Gasteiger partial charge on any atom is 0.0887 e. The minimum atomic E-state index is 0.0897. The first-order chi connectivity index (χ1) is 29.1. The lowest BCUT2D eigenvalue weighted by molar-refractivity contribution is 0.327. The number of anilines is 6. The highest BCUT2D eigenvalue weighted by atomic mass is 35.5. The molecule has 0 saturated heterocycles. The van der Waals surface area contributed by atoms with Gasteiger partial charge in [0.25, 0.3) is 0 Å². The molecule has 4 fully saturated rings. The second-order valence-corrected chi connectivity index (χ2v) is 19.0. The number of fused-ring (bicyclic) bond motifs is 16. The van der Waals surface area contributed by atoms with Crippen molar-refractivity contribution in [2.75, 3.05) is 9.80 Å². The van der Waals surface area contributed by atoms with Gasteiger partial charge in [-0.05, 0) is 167 Å². The second-order valence-electron chi connectivity index (χ2n) is 18.6. The average Bonchev–Trinajstić information content (AvgIpc) is 4.16. The Morgan fingerprint density at radius 1 is 0.390 bits per heavy atom. The lowest BCUT2D eigenvalue weighted by atomic mass is 9.67. The molecule has 3 heteroatoms.